The lowest BCUT2D eigenvalue weighted by atomic mass is 10.0. The lowest BCUT2D eigenvalue weighted by molar-refractivity contribution is -0.563. The molecule has 2 nitrogen and oxygen atoms in total. The van der Waals surface area contributed by atoms with Crippen molar-refractivity contribution in [2.45, 2.75) is 42.7 Å². The largest absolute Gasteiger partial charge is 0.451 e. The van der Waals surface area contributed by atoms with Crippen LogP contribution in [-0.4, -0.2) is 42.7 Å². The van der Waals surface area contributed by atoms with Crippen molar-refractivity contribution >= 4 is 0 Å². The summed E-state index contributed by atoms with van der Waals surface area (Å²) in [5.41, 5.74) is 0. The molecule has 1 fully saturated rings. The number of ether oxygens (including phenoxy) is 2. The number of hydrogen-bond acceptors (Lipinski definition) is 2. The number of rotatable bonds is 2. The lowest BCUT2D eigenvalue weighted by Crippen LogP contribution is -2.70. The summed E-state index contributed by atoms with van der Waals surface area (Å²) in [6.45, 7) is 0. The van der Waals surface area contributed by atoms with Crippen LogP contribution >= 0.6 is 0 Å². The third-order valence-corrected chi connectivity index (χ3v) is 2.22. The molecule has 0 aliphatic carbocycles. The van der Waals surface area contributed by atoms with E-state index in [4.69, 9.17) is 0 Å². The molecule has 1 heterocycles. The van der Waals surface area contributed by atoms with Crippen LogP contribution in [0.25, 0.3) is 0 Å². The SMILES string of the molecule is FC(C(F)(F)F)C(F)(F)C1(F)OC(F)(F)C(F)(F)OC1F. The van der Waals surface area contributed by atoms with E-state index in [1.165, 1.54) is 0 Å². The number of alkyl halides is 12. The van der Waals surface area contributed by atoms with E-state index >= 15 is 0 Å². The highest BCUT2D eigenvalue weighted by Gasteiger charge is 2.82. The van der Waals surface area contributed by atoms with Crippen molar-refractivity contribution < 1.29 is 62.2 Å². The fourth-order valence-electron chi connectivity index (χ4n) is 1.16. The highest BCUT2D eigenvalue weighted by molar-refractivity contribution is 5.00. The minimum atomic E-state index is -6.65. The molecule has 0 aromatic carbocycles. The van der Waals surface area contributed by atoms with E-state index in [0.29, 0.717) is 0 Å². The first-order chi connectivity index (χ1) is 8.99. The van der Waals surface area contributed by atoms with Crippen LogP contribution in [0, 0.1) is 0 Å². The van der Waals surface area contributed by atoms with Crippen molar-refractivity contribution in [2.75, 3.05) is 0 Å². The predicted octanol–water partition coefficient (Wildman–Crippen LogP) is 3.72. The Labute approximate surface area is 106 Å². The van der Waals surface area contributed by atoms with Crippen LogP contribution in [0.5, 0.6) is 0 Å². The van der Waals surface area contributed by atoms with Gasteiger partial charge in [-0.15, -0.1) is 0 Å². The minimum absolute atomic E-state index is 2.13. The molecule has 14 heteroatoms. The topological polar surface area (TPSA) is 18.5 Å². The van der Waals surface area contributed by atoms with Crippen molar-refractivity contribution in [2.24, 2.45) is 0 Å². The Morgan fingerprint density at radius 2 is 1.29 bits per heavy atom. The second-order valence-electron chi connectivity index (χ2n) is 3.74. The molecule has 1 rings (SSSR count). The molecule has 1 aliphatic heterocycles. The van der Waals surface area contributed by atoms with Gasteiger partial charge in [0.2, 0.25) is 0 Å². The Morgan fingerprint density at radius 1 is 0.857 bits per heavy atom. The highest BCUT2D eigenvalue weighted by atomic mass is 19.4. The van der Waals surface area contributed by atoms with Crippen LogP contribution in [-0.2, 0) is 9.47 Å². The molecule has 0 aromatic heterocycles. The summed E-state index contributed by atoms with van der Waals surface area (Å²) in [4.78, 5) is 0. The molecule has 3 unspecified atom stereocenters. The third kappa shape index (κ3) is 2.62. The van der Waals surface area contributed by atoms with E-state index in [9.17, 15) is 52.7 Å². The third-order valence-electron chi connectivity index (χ3n) is 2.22. The maximum Gasteiger partial charge on any atom is 0.451 e. The van der Waals surface area contributed by atoms with Gasteiger partial charge in [-0.2, -0.15) is 43.9 Å². The molecule has 0 amide bonds. The van der Waals surface area contributed by atoms with Gasteiger partial charge in [0.25, 0.3) is 12.5 Å². The lowest BCUT2D eigenvalue weighted by Gasteiger charge is -2.44. The van der Waals surface area contributed by atoms with E-state index in [1.54, 1.807) is 0 Å². The Hall–Kier alpha value is -0.920. The van der Waals surface area contributed by atoms with E-state index < -0.39 is 42.7 Å². The zero-order valence-electron chi connectivity index (χ0n) is 9.01. The molecule has 0 bridgehead atoms. The van der Waals surface area contributed by atoms with Gasteiger partial charge in [0.05, 0.1) is 0 Å². The van der Waals surface area contributed by atoms with Gasteiger partial charge in [-0.05, 0) is 0 Å². The van der Waals surface area contributed by atoms with Gasteiger partial charge < -0.3 is 0 Å². The quantitative estimate of drug-likeness (QED) is 0.710. The summed E-state index contributed by atoms with van der Waals surface area (Å²) >= 11 is 0. The summed E-state index contributed by atoms with van der Waals surface area (Å²) in [5, 5.41) is 0. The van der Waals surface area contributed by atoms with Crippen molar-refractivity contribution in [3.05, 3.63) is 0 Å². The Bertz CT molecular complexity index is 405. The van der Waals surface area contributed by atoms with Gasteiger partial charge in [-0.3, -0.25) is 9.47 Å². The van der Waals surface area contributed by atoms with Gasteiger partial charge in [-0.25, -0.2) is 8.78 Å². The first kappa shape index (κ1) is 18.1. The molecule has 126 valence electrons. The number of halogens is 12. The van der Waals surface area contributed by atoms with Crippen LogP contribution in [0.4, 0.5) is 52.7 Å². The predicted molar refractivity (Wildman–Crippen MR) is 36.7 cm³/mol. The van der Waals surface area contributed by atoms with Gasteiger partial charge in [0.15, 0.2) is 0 Å². The second-order valence-corrected chi connectivity index (χ2v) is 3.74. The summed E-state index contributed by atoms with van der Waals surface area (Å²) in [6, 6.07) is 0. The average Bonchev–Trinajstić information content (AvgIpc) is 2.23. The zero-order valence-corrected chi connectivity index (χ0v) is 9.01. The monoisotopic (exact) mass is 346 g/mol. The van der Waals surface area contributed by atoms with E-state index in [1.807, 2.05) is 0 Å². The number of hydrogen-bond donors (Lipinski definition) is 0. The van der Waals surface area contributed by atoms with Crippen molar-refractivity contribution in [1.82, 2.24) is 0 Å². The molecule has 21 heavy (non-hydrogen) atoms. The molecule has 0 radical (unpaired) electrons. The zero-order chi connectivity index (χ0) is 17.1. The normalized spacial score (nSPS) is 34.6. The van der Waals surface area contributed by atoms with Crippen molar-refractivity contribution in [1.29, 1.82) is 0 Å². The Balaban J connectivity index is 3.27. The van der Waals surface area contributed by atoms with Crippen molar-refractivity contribution in [3.63, 3.8) is 0 Å². The van der Waals surface area contributed by atoms with E-state index in [2.05, 4.69) is 9.47 Å². The van der Waals surface area contributed by atoms with Crippen molar-refractivity contribution in [3.8, 4) is 0 Å². The molecule has 3 atom stereocenters. The molecular formula is C7H2F12O2. The summed E-state index contributed by atoms with van der Waals surface area (Å²) in [5.74, 6) is -12.8. The van der Waals surface area contributed by atoms with Gasteiger partial charge in [0, 0.05) is 0 Å². The van der Waals surface area contributed by atoms with E-state index in [-0.39, 0.29) is 0 Å². The first-order valence-electron chi connectivity index (χ1n) is 4.54. The molecular weight excluding hydrogens is 344 g/mol. The fraction of sp³-hybridized carbons (Fsp3) is 1.00. The maximum atomic E-state index is 13.3. The molecule has 0 spiro atoms. The molecule has 1 saturated heterocycles. The molecule has 0 N–H and O–H groups in total. The van der Waals surface area contributed by atoms with Crippen LogP contribution in [0.3, 0.4) is 0 Å². The molecule has 0 saturated carbocycles. The second kappa shape index (κ2) is 4.54. The minimum Gasteiger partial charge on any atom is -0.272 e. The summed E-state index contributed by atoms with van der Waals surface area (Å²) in [7, 11) is 0. The highest BCUT2D eigenvalue weighted by Crippen LogP contribution is 2.55. The van der Waals surface area contributed by atoms with Gasteiger partial charge >= 0.3 is 30.2 Å². The van der Waals surface area contributed by atoms with Gasteiger partial charge in [0.1, 0.15) is 0 Å². The molecule has 1 aliphatic rings. The van der Waals surface area contributed by atoms with Gasteiger partial charge in [-0.1, -0.05) is 0 Å². The summed E-state index contributed by atoms with van der Waals surface area (Å²) in [6.07, 6.45) is -29.1. The van der Waals surface area contributed by atoms with Crippen LogP contribution < -0.4 is 0 Å². The summed E-state index contributed by atoms with van der Waals surface area (Å²) < 4.78 is 154. The smallest absolute Gasteiger partial charge is 0.272 e. The fourth-order valence-corrected chi connectivity index (χ4v) is 1.16. The maximum absolute atomic E-state index is 13.3. The van der Waals surface area contributed by atoms with E-state index in [0.717, 1.165) is 0 Å². The standard InChI is InChI=1S/C7H2F12O2/c8-1(5(13,14)15)3(10,11)4(12)2(9)20-6(16,17)7(18,19)21-4/h1-2H. The van der Waals surface area contributed by atoms with Crippen LogP contribution in [0.15, 0.2) is 0 Å². The average molecular weight is 346 g/mol. The van der Waals surface area contributed by atoms with Crippen LogP contribution in [0.2, 0.25) is 0 Å². The first-order valence-corrected chi connectivity index (χ1v) is 4.54. The van der Waals surface area contributed by atoms with Crippen LogP contribution in [0.1, 0.15) is 0 Å². The Kier molecular flexibility index (Phi) is 3.92. The molecule has 0 aromatic rings. The Morgan fingerprint density at radius 3 is 1.67 bits per heavy atom.